The van der Waals surface area contributed by atoms with E-state index in [4.69, 9.17) is 9.84 Å². The first-order valence-electron chi connectivity index (χ1n) is 6.29. The average Bonchev–Trinajstić information content (AvgIpc) is 2.46. The van der Waals surface area contributed by atoms with E-state index in [1.54, 1.807) is 24.4 Å². The highest BCUT2D eigenvalue weighted by Gasteiger charge is 2.09. The zero-order chi connectivity index (χ0) is 14.4. The molecule has 0 fully saturated rings. The van der Waals surface area contributed by atoms with E-state index < -0.39 is 5.97 Å². The third kappa shape index (κ3) is 3.74. The Morgan fingerprint density at radius 3 is 2.95 bits per heavy atom. The van der Waals surface area contributed by atoms with Gasteiger partial charge in [0.1, 0.15) is 5.03 Å². The molecule has 1 aromatic heterocycles. The van der Waals surface area contributed by atoms with E-state index in [0.717, 1.165) is 22.1 Å². The minimum atomic E-state index is -0.934. The van der Waals surface area contributed by atoms with Gasteiger partial charge < -0.3 is 9.84 Å². The van der Waals surface area contributed by atoms with E-state index in [2.05, 4.69) is 4.98 Å². The van der Waals surface area contributed by atoms with Gasteiger partial charge in [-0.1, -0.05) is 24.8 Å². The lowest BCUT2D eigenvalue weighted by atomic mass is 10.2. The Labute approximate surface area is 121 Å². The van der Waals surface area contributed by atoms with Gasteiger partial charge in [-0.25, -0.2) is 9.78 Å². The molecule has 0 saturated carbocycles. The quantitative estimate of drug-likeness (QED) is 0.878. The van der Waals surface area contributed by atoms with Gasteiger partial charge in [0.05, 0.1) is 12.2 Å². The smallest absolute Gasteiger partial charge is 0.335 e. The van der Waals surface area contributed by atoms with E-state index in [9.17, 15) is 4.79 Å². The fourth-order valence-corrected chi connectivity index (χ4v) is 2.48. The lowest BCUT2D eigenvalue weighted by molar-refractivity contribution is 0.0696. The Morgan fingerprint density at radius 1 is 1.35 bits per heavy atom. The molecule has 0 aliphatic carbocycles. The summed E-state index contributed by atoms with van der Waals surface area (Å²) in [5, 5.41) is 9.74. The molecule has 0 saturated heterocycles. The molecule has 0 spiro atoms. The van der Waals surface area contributed by atoms with E-state index >= 15 is 0 Å². The second-order valence-electron chi connectivity index (χ2n) is 4.09. The molecule has 0 aliphatic rings. The highest BCUT2D eigenvalue weighted by Crippen LogP contribution is 2.33. The standard InChI is InChI=1S/C15H15NO3S/c1-2-9-19-13-7-4-8-16-14(13)20-12-6-3-5-11(10-12)15(17)18/h3-8,10H,2,9H2,1H3,(H,17,18). The summed E-state index contributed by atoms with van der Waals surface area (Å²) < 4.78 is 5.64. The highest BCUT2D eigenvalue weighted by molar-refractivity contribution is 7.99. The first kappa shape index (κ1) is 14.4. The summed E-state index contributed by atoms with van der Waals surface area (Å²) in [6, 6.07) is 10.5. The normalized spacial score (nSPS) is 10.2. The number of hydrogen-bond acceptors (Lipinski definition) is 4. The first-order chi connectivity index (χ1) is 9.70. The van der Waals surface area contributed by atoms with Crippen LogP contribution >= 0.6 is 11.8 Å². The second kappa shape index (κ2) is 6.96. The molecule has 1 heterocycles. The zero-order valence-corrected chi connectivity index (χ0v) is 11.9. The molecule has 20 heavy (non-hydrogen) atoms. The topological polar surface area (TPSA) is 59.4 Å². The van der Waals surface area contributed by atoms with Crippen molar-refractivity contribution in [1.29, 1.82) is 0 Å². The SMILES string of the molecule is CCCOc1cccnc1Sc1cccc(C(=O)O)c1. The number of carboxylic acid groups (broad SMARTS) is 1. The van der Waals surface area contributed by atoms with E-state index in [1.807, 2.05) is 25.1 Å². The number of benzene rings is 1. The molecule has 5 heteroatoms. The van der Waals surface area contributed by atoms with Crippen LogP contribution in [-0.2, 0) is 0 Å². The maximum absolute atomic E-state index is 11.0. The van der Waals surface area contributed by atoms with Crippen molar-refractivity contribution < 1.29 is 14.6 Å². The van der Waals surface area contributed by atoms with Crippen LogP contribution in [0.2, 0.25) is 0 Å². The third-order valence-electron chi connectivity index (χ3n) is 2.49. The van der Waals surface area contributed by atoms with Gasteiger partial charge in [0, 0.05) is 11.1 Å². The van der Waals surface area contributed by atoms with Gasteiger partial charge in [-0.3, -0.25) is 0 Å². The van der Waals surface area contributed by atoms with Crippen molar-refractivity contribution in [3.05, 3.63) is 48.2 Å². The van der Waals surface area contributed by atoms with Crippen molar-refractivity contribution >= 4 is 17.7 Å². The molecule has 0 bridgehead atoms. The predicted octanol–water partition coefficient (Wildman–Crippen LogP) is 3.72. The Kier molecular flexibility index (Phi) is 5.01. The minimum absolute atomic E-state index is 0.266. The van der Waals surface area contributed by atoms with Crippen molar-refractivity contribution in [2.24, 2.45) is 0 Å². The molecular weight excluding hydrogens is 274 g/mol. The van der Waals surface area contributed by atoms with Gasteiger partial charge >= 0.3 is 5.97 Å². The summed E-state index contributed by atoms with van der Waals surface area (Å²) in [6.07, 6.45) is 2.62. The summed E-state index contributed by atoms with van der Waals surface area (Å²) in [7, 11) is 0. The molecule has 0 aliphatic heterocycles. The molecule has 0 unspecified atom stereocenters. The summed E-state index contributed by atoms with van der Waals surface area (Å²) in [5.41, 5.74) is 0.266. The molecule has 0 radical (unpaired) electrons. The largest absolute Gasteiger partial charge is 0.491 e. The lowest BCUT2D eigenvalue weighted by Crippen LogP contribution is -1.98. The summed E-state index contributed by atoms with van der Waals surface area (Å²) in [4.78, 5) is 16.1. The fourth-order valence-electron chi connectivity index (χ4n) is 1.58. The number of pyridine rings is 1. The fraction of sp³-hybridized carbons (Fsp3) is 0.200. The van der Waals surface area contributed by atoms with Crippen LogP contribution in [0.1, 0.15) is 23.7 Å². The van der Waals surface area contributed by atoms with E-state index in [-0.39, 0.29) is 5.56 Å². The maximum Gasteiger partial charge on any atom is 0.335 e. The van der Waals surface area contributed by atoms with Gasteiger partial charge in [-0.2, -0.15) is 0 Å². The Bertz CT molecular complexity index is 601. The van der Waals surface area contributed by atoms with Crippen LogP contribution in [-0.4, -0.2) is 22.7 Å². The second-order valence-corrected chi connectivity index (χ2v) is 5.15. The van der Waals surface area contributed by atoms with Crippen LogP contribution in [0.5, 0.6) is 5.75 Å². The molecule has 4 nitrogen and oxygen atoms in total. The third-order valence-corrected chi connectivity index (χ3v) is 3.48. The van der Waals surface area contributed by atoms with Crippen LogP contribution in [0.3, 0.4) is 0 Å². The van der Waals surface area contributed by atoms with Gasteiger partial charge in [0.2, 0.25) is 0 Å². The number of rotatable bonds is 6. The van der Waals surface area contributed by atoms with Crippen molar-refractivity contribution in [3.63, 3.8) is 0 Å². The first-order valence-corrected chi connectivity index (χ1v) is 7.11. The molecule has 0 atom stereocenters. The molecule has 104 valence electrons. The Hall–Kier alpha value is -2.01. The molecule has 2 aromatic rings. The molecular formula is C15H15NO3S. The summed E-state index contributed by atoms with van der Waals surface area (Å²) >= 11 is 1.40. The monoisotopic (exact) mass is 289 g/mol. The van der Waals surface area contributed by atoms with Crippen molar-refractivity contribution in [1.82, 2.24) is 4.98 Å². The molecule has 1 N–H and O–H groups in total. The Balaban J connectivity index is 2.21. The van der Waals surface area contributed by atoms with Gasteiger partial charge in [0.25, 0.3) is 0 Å². The summed E-state index contributed by atoms with van der Waals surface area (Å²) in [5.74, 6) is -0.212. The van der Waals surface area contributed by atoms with Gasteiger partial charge in [-0.05, 0) is 36.8 Å². The van der Waals surface area contributed by atoms with Gasteiger partial charge in [-0.15, -0.1) is 0 Å². The van der Waals surface area contributed by atoms with Gasteiger partial charge in [0.15, 0.2) is 5.75 Å². The summed E-state index contributed by atoms with van der Waals surface area (Å²) in [6.45, 7) is 2.67. The molecule has 2 rings (SSSR count). The van der Waals surface area contributed by atoms with Crippen molar-refractivity contribution in [2.75, 3.05) is 6.61 Å². The van der Waals surface area contributed by atoms with E-state index in [0.29, 0.717) is 6.61 Å². The van der Waals surface area contributed by atoms with E-state index in [1.165, 1.54) is 11.8 Å². The lowest BCUT2D eigenvalue weighted by Gasteiger charge is -2.09. The average molecular weight is 289 g/mol. The molecule has 1 aromatic carbocycles. The van der Waals surface area contributed by atoms with Crippen LogP contribution in [0.25, 0.3) is 0 Å². The van der Waals surface area contributed by atoms with Crippen molar-refractivity contribution in [2.45, 2.75) is 23.3 Å². The van der Waals surface area contributed by atoms with Crippen LogP contribution in [0, 0.1) is 0 Å². The Morgan fingerprint density at radius 2 is 2.20 bits per heavy atom. The number of ether oxygens (including phenoxy) is 1. The van der Waals surface area contributed by atoms with Crippen LogP contribution < -0.4 is 4.74 Å². The maximum atomic E-state index is 11.0. The van der Waals surface area contributed by atoms with Crippen molar-refractivity contribution in [3.8, 4) is 5.75 Å². The van der Waals surface area contributed by atoms with Crippen LogP contribution in [0.15, 0.2) is 52.5 Å². The number of aromatic nitrogens is 1. The highest BCUT2D eigenvalue weighted by atomic mass is 32.2. The number of carboxylic acids is 1. The minimum Gasteiger partial charge on any atom is -0.491 e. The zero-order valence-electron chi connectivity index (χ0n) is 11.1. The molecule has 0 amide bonds. The predicted molar refractivity (Wildman–Crippen MR) is 77.5 cm³/mol. The number of hydrogen-bond donors (Lipinski definition) is 1. The number of nitrogens with zero attached hydrogens (tertiary/aromatic N) is 1. The number of aromatic carboxylic acids is 1. The van der Waals surface area contributed by atoms with Crippen LogP contribution in [0.4, 0.5) is 0 Å². The number of carbonyl (C=O) groups is 1.